The van der Waals surface area contributed by atoms with Crippen molar-refractivity contribution in [3.8, 4) is 0 Å². The SMILES string of the molecule is C=C(c1ccc2c(c1)CC1(C(=O)NC(=O)NC1=O)C1COCCN21)N1CCOC1=O. The molecule has 4 heterocycles. The van der Waals surface area contributed by atoms with E-state index in [-0.39, 0.29) is 13.0 Å². The number of rotatable bonds is 2. The molecule has 3 saturated heterocycles. The minimum atomic E-state index is -1.49. The summed E-state index contributed by atoms with van der Waals surface area (Å²) in [4.78, 5) is 53.0. The van der Waals surface area contributed by atoms with Crippen molar-refractivity contribution in [2.75, 3.05) is 37.8 Å². The molecule has 1 aromatic carbocycles. The van der Waals surface area contributed by atoms with Crippen LogP contribution in [0, 0.1) is 5.41 Å². The van der Waals surface area contributed by atoms with Crippen LogP contribution in [0.4, 0.5) is 15.3 Å². The van der Waals surface area contributed by atoms with Gasteiger partial charge in [-0.2, -0.15) is 0 Å². The second kappa shape index (κ2) is 6.56. The predicted octanol–water partition coefficient (Wildman–Crippen LogP) is 0.223. The van der Waals surface area contributed by atoms with Gasteiger partial charge in [-0.05, 0) is 29.7 Å². The Morgan fingerprint density at radius 2 is 1.87 bits per heavy atom. The zero-order valence-corrected chi connectivity index (χ0v) is 16.1. The van der Waals surface area contributed by atoms with Crippen molar-refractivity contribution in [3.05, 3.63) is 35.9 Å². The maximum Gasteiger partial charge on any atom is 0.414 e. The van der Waals surface area contributed by atoms with E-state index in [1.54, 1.807) is 0 Å². The summed E-state index contributed by atoms with van der Waals surface area (Å²) in [5, 5.41) is 4.49. The van der Waals surface area contributed by atoms with Crippen molar-refractivity contribution in [2.24, 2.45) is 5.41 Å². The number of ether oxygens (including phenoxy) is 2. The van der Waals surface area contributed by atoms with Gasteiger partial charge < -0.3 is 14.4 Å². The Morgan fingerprint density at radius 3 is 2.57 bits per heavy atom. The van der Waals surface area contributed by atoms with Gasteiger partial charge in [0.25, 0.3) is 0 Å². The molecule has 10 heteroatoms. The number of benzene rings is 1. The van der Waals surface area contributed by atoms with E-state index < -0.39 is 35.4 Å². The third kappa shape index (κ3) is 2.53. The van der Waals surface area contributed by atoms with E-state index in [2.05, 4.69) is 17.2 Å². The first-order valence-electron chi connectivity index (χ1n) is 9.69. The van der Waals surface area contributed by atoms with Gasteiger partial charge in [-0.1, -0.05) is 12.6 Å². The number of hydrogen-bond acceptors (Lipinski definition) is 7. The van der Waals surface area contributed by atoms with Crippen molar-refractivity contribution in [2.45, 2.75) is 12.5 Å². The van der Waals surface area contributed by atoms with Crippen LogP contribution in [0.3, 0.4) is 0 Å². The number of urea groups is 1. The number of anilines is 1. The Bertz CT molecular complexity index is 985. The lowest BCUT2D eigenvalue weighted by molar-refractivity contribution is -0.148. The number of nitrogens with zero attached hydrogens (tertiary/aromatic N) is 2. The molecule has 0 aliphatic carbocycles. The normalized spacial score (nSPS) is 24.7. The molecule has 0 radical (unpaired) electrons. The molecule has 5 amide bonds. The Hall–Kier alpha value is -3.40. The van der Waals surface area contributed by atoms with Gasteiger partial charge in [-0.3, -0.25) is 25.1 Å². The number of fused-ring (bicyclic) bond motifs is 4. The van der Waals surface area contributed by atoms with Gasteiger partial charge in [0.1, 0.15) is 6.61 Å². The molecule has 4 aliphatic heterocycles. The van der Waals surface area contributed by atoms with Crippen LogP contribution >= 0.6 is 0 Å². The number of morpholine rings is 1. The molecule has 0 aromatic heterocycles. The van der Waals surface area contributed by atoms with Gasteiger partial charge in [0, 0.05) is 17.9 Å². The molecule has 2 N–H and O–H groups in total. The minimum Gasteiger partial charge on any atom is -0.447 e. The van der Waals surface area contributed by atoms with E-state index in [1.807, 2.05) is 23.1 Å². The summed E-state index contributed by atoms with van der Waals surface area (Å²) in [5.74, 6) is -1.26. The van der Waals surface area contributed by atoms with Crippen molar-refractivity contribution >= 4 is 35.3 Å². The molecule has 0 bridgehead atoms. The van der Waals surface area contributed by atoms with Crippen molar-refractivity contribution in [1.82, 2.24) is 15.5 Å². The molecule has 30 heavy (non-hydrogen) atoms. The fraction of sp³-hybridized carbons (Fsp3) is 0.400. The highest BCUT2D eigenvalue weighted by Crippen LogP contribution is 2.44. The smallest absolute Gasteiger partial charge is 0.414 e. The second-order valence-corrected chi connectivity index (χ2v) is 7.73. The van der Waals surface area contributed by atoms with E-state index >= 15 is 0 Å². The second-order valence-electron chi connectivity index (χ2n) is 7.73. The predicted molar refractivity (Wildman–Crippen MR) is 103 cm³/mol. The van der Waals surface area contributed by atoms with Crippen LogP contribution < -0.4 is 15.5 Å². The van der Waals surface area contributed by atoms with Gasteiger partial charge in [-0.15, -0.1) is 0 Å². The van der Waals surface area contributed by atoms with Crippen molar-refractivity contribution < 1.29 is 28.7 Å². The molecule has 156 valence electrons. The van der Waals surface area contributed by atoms with Crippen LogP contribution in [0.1, 0.15) is 11.1 Å². The lowest BCUT2D eigenvalue weighted by atomic mass is 9.68. The van der Waals surface area contributed by atoms with Crippen LogP contribution in [0.25, 0.3) is 5.70 Å². The summed E-state index contributed by atoms with van der Waals surface area (Å²) in [7, 11) is 0. The Labute approximate surface area is 171 Å². The summed E-state index contributed by atoms with van der Waals surface area (Å²) in [6, 6.07) is 4.26. The number of nitrogens with one attached hydrogen (secondary N) is 2. The fourth-order valence-electron chi connectivity index (χ4n) is 4.73. The molecular weight excluding hydrogens is 392 g/mol. The average molecular weight is 412 g/mol. The van der Waals surface area contributed by atoms with E-state index in [9.17, 15) is 19.2 Å². The molecule has 0 saturated carbocycles. The molecule has 1 spiro atoms. The monoisotopic (exact) mass is 412 g/mol. The number of amides is 5. The first-order valence-corrected chi connectivity index (χ1v) is 9.69. The lowest BCUT2D eigenvalue weighted by Crippen LogP contribution is -2.73. The third-order valence-electron chi connectivity index (χ3n) is 6.24. The van der Waals surface area contributed by atoms with Crippen LogP contribution in [-0.4, -0.2) is 67.8 Å². The third-order valence-corrected chi connectivity index (χ3v) is 6.24. The zero-order chi connectivity index (χ0) is 21.0. The standard InChI is InChI=1S/C20H20N4O6/c1-11(23-5-7-30-19(23)28)12-2-3-14-13(8-12)9-20(15-10-29-6-4-24(14)15)16(25)21-18(27)22-17(20)26/h2-3,8,15H,1,4-7,9-10H2,(H2,21,22,25,26,27). The number of imide groups is 2. The minimum absolute atomic E-state index is 0.101. The largest absolute Gasteiger partial charge is 0.447 e. The molecular formula is C20H20N4O6. The summed E-state index contributed by atoms with van der Waals surface area (Å²) < 4.78 is 10.6. The summed E-state index contributed by atoms with van der Waals surface area (Å²) in [6.45, 7) is 5.90. The van der Waals surface area contributed by atoms with Gasteiger partial charge in [0.2, 0.25) is 11.8 Å². The number of cyclic esters (lactones) is 1. The van der Waals surface area contributed by atoms with Gasteiger partial charge >= 0.3 is 12.1 Å². The van der Waals surface area contributed by atoms with E-state index in [1.165, 1.54) is 4.90 Å². The molecule has 1 atom stereocenters. The van der Waals surface area contributed by atoms with Crippen LogP contribution in [0.15, 0.2) is 24.8 Å². The fourth-order valence-corrected chi connectivity index (χ4v) is 4.73. The zero-order valence-electron chi connectivity index (χ0n) is 16.1. The van der Waals surface area contributed by atoms with Crippen LogP contribution in [0.5, 0.6) is 0 Å². The highest BCUT2D eigenvalue weighted by molar-refractivity contribution is 6.20. The summed E-state index contributed by atoms with van der Waals surface area (Å²) in [6.07, 6.45) is -0.351. The average Bonchev–Trinajstić information content (AvgIpc) is 3.16. The molecule has 1 aromatic rings. The Kier molecular flexibility index (Phi) is 4.07. The molecule has 10 nitrogen and oxygen atoms in total. The van der Waals surface area contributed by atoms with Gasteiger partial charge in [0.15, 0.2) is 5.41 Å². The highest BCUT2D eigenvalue weighted by Gasteiger charge is 2.60. The maximum absolute atomic E-state index is 13.0. The van der Waals surface area contributed by atoms with Crippen LogP contribution in [-0.2, 0) is 25.5 Å². The summed E-state index contributed by atoms with van der Waals surface area (Å²) >= 11 is 0. The molecule has 1 unspecified atom stereocenters. The number of hydrogen-bond donors (Lipinski definition) is 2. The Morgan fingerprint density at radius 1 is 1.10 bits per heavy atom. The molecule has 4 aliphatic rings. The van der Waals surface area contributed by atoms with Gasteiger partial charge in [-0.25, -0.2) is 9.59 Å². The first-order chi connectivity index (χ1) is 14.4. The van der Waals surface area contributed by atoms with Crippen molar-refractivity contribution in [1.29, 1.82) is 0 Å². The quantitative estimate of drug-likeness (QED) is 0.668. The molecule has 5 rings (SSSR count). The van der Waals surface area contributed by atoms with E-state index in [4.69, 9.17) is 9.47 Å². The molecule has 3 fully saturated rings. The summed E-state index contributed by atoms with van der Waals surface area (Å²) in [5.41, 5.74) is 1.35. The van der Waals surface area contributed by atoms with E-state index in [0.717, 1.165) is 11.3 Å². The number of carbonyl (C=O) groups excluding carboxylic acids is 4. The highest BCUT2D eigenvalue weighted by atomic mass is 16.6. The van der Waals surface area contributed by atoms with E-state index in [0.29, 0.717) is 37.6 Å². The first kappa shape index (κ1) is 18.6. The van der Waals surface area contributed by atoms with Crippen molar-refractivity contribution in [3.63, 3.8) is 0 Å². The topological polar surface area (TPSA) is 117 Å². The van der Waals surface area contributed by atoms with Gasteiger partial charge in [0.05, 0.1) is 25.8 Å². The maximum atomic E-state index is 13.0. The Balaban J connectivity index is 1.58. The number of carbonyl (C=O) groups is 4. The van der Waals surface area contributed by atoms with Crippen LogP contribution in [0.2, 0.25) is 0 Å². The lowest BCUT2D eigenvalue weighted by Gasteiger charge is -2.51. The number of barbiturate groups is 1.